The quantitative estimate of drug-likeness (QED) is 0.468. The second-order valence-electron chi connectivity index (χ2n) is 4.25. The predicted octanol–water partition coefficient (Wildman–Crippen LogP) is 2.81. The Bertz CT molecular complexity index is 919. The smallest absolute Gasteiger partial charge is 0.286 e. The molecule has 0 saturated heterocycles. The van der Waals surface area contributed by atoms with Crippen molar-refractivity contribution < 1.29 is 18.1 Å². The molecule has 0 atom stereocenters. The Balaban J connectivity index is 2.24. The molecule has 12 heteroatoms. The van der Waals surface area contributed by atoms with Crippen molar-refractivity contribution in [3.05, 3.63) is 56.7 Å². The Labute approximate surface area is 145 Å². The summed E-state index contributed by atoms with van der Waals surface area (Å²) in [4.78, 5) is 25.2. The number of aromatic nitrogens is 1. The molecule has 0 saturated carbocycles. The van der Waals surface area contributed by atoms with Gasteiger partial charge in [0.15, 0.2) is 0 Å². The molecule has 2 rings (SSSR count). The maximum absolute atomic E-state index is 12.1. The standard InChI is InChI=1S/C12H8Cl2N4O5S/c13-7-3-1-2-4-9(7)24(22,23)17-12(19)16-11-8(18(20)21)5-6-10(14)15-11/h1-6H,(H2,15,16,17,19). The highest BCUT2D eigenvalue weighted by Crippen LogP contribution is 2.24. The summed E-state index contributed by atoms with van der Waals surface area (Å²) >= 11 is 11.4. The van der Waals surface area contributed by atoms with Crippen LogP contribution in [-0.2, 0) is 10.0 Å². The number of hydrogen-bond acceptors (Lipinski definition) is 6. The number of pyridine rings is 1. The molecule has 9 nitrogen and oxygen atoms in total. The highest BCUT2D eigenvalue weighted by Gasteiger charge is 2.23. The first kappa shape index (κ1) is 17.9. The zero-order valence-electron chi connectivity index (χ0n) is 11.6. The van der Waals surface area contributed by atoms with E-state index >= 15 is 0 Å². The number of sulfonamides is 1. The van der Waals surface area contributed by atoms with E-state index in [-0.39, 0.29) is 15.1 Å². The van der Waals surface area contributed by atoms with Gasteiger partial charge in [-0.15, -0.1) is 0 Å². The molecule has 1 heterocycles. The summed E-state index contributed by atoms with van der Waals surface area (Å²) in [6.07, 6.45) is 0. The normalized spacial score (nSPS) is 10.9. The number of nitro groups is 1. The van der Waals surface area contributed by atoms with E-state index in [0.717, 1.165) is 12.1 Å². The lowest BCUT2D eigenvalue weighted by Crippen LogP contribution is -2.34. The number of carbonyl (C=O) groups excluding carboxylic acids is 1. The zero-order chi connectivity index (χ0) is 17.9. The summed E-state index contributed by atoms with van der Waals surface area (Å²) in [6.45, 7) is 0. The summed E-state index contributed by atoms with van der Waals surface area (Å²) in [7, 11) is -4.28. The highest BCUT2D eigenvalue weighted by molar-refractivity contribution is 7.90. The van der Waals surface area contributed by atoms with Gasteiger partial charge in [-0.3, -0.25) is 15.4 Å². The van der Waals surface area contributed by atoms with Gasteiger partial charge in [-0.25, -0.2) is 22.9 Å². The fraction of sp³-hybridized carbons (Fsp3) is 0. The lowest BCUT2D eigenvalue weighted by atomic mass is 10.4. The molecular weight excluding hydrogens is 383 g/mol. The fourth-order valence-corrected chi connectivity index (χ4v) is 3.22. The molecule has 0 radical (unpaired) electrons. The molecular formula is C12H8Cl2N4O5S. The third-order valence-electron chi connectivity index (χ3n) is 2.62. The molecule has 0 unspecified atom stereocenters. The molecule has 1 aromatic heterocycles. The number of carbonyl (C=O) groups is 1. The Kier molecular flexibility index (Phi) is 5.22. The Morgan fingerprint density at radius 3 is 2.46 bits per heavy atom. The van der Waals surface area contributed by atoms with Crippen LogP contribution in [0, 0.1) is 10.1 Å². The van der Waals surface area contributed by atoms with Crippen LogP contribution >= 0.6 is 23.2 Å². The number of amides is 2. The van der Waals surface area contributed by atoms with E-state index in [2.05, 4.69) is 4.98 Å². The summed E-state index contributed by atoms with van der Waals surface area (Å²) < 4.78 is 25.9. The van der Waals surface area contributed by atoms with Gasteiger partial charge in [0.05, 0.1) is 9.95 Å². The van der Waals surface area contributed by atoms with Crippen LogP contribution in [0.4, 0.5) is 16.3 Å². The third kappa shape index (κ3) is 4.10. The highest BCUT2D eigenvalue weighted by atomic mass is 35.5. The number of urea groups is 1. The van der Waals surface area contributed by atoms with Crippen LogP contribution in [0.5, 0.6) is 0 Å². The summed E-state index contributed by atoms with van der Waals surface area (Å²) in [5.41, 5.74) is -0.551. The first-order chi connectivity index (χ1) is 11.2. The SMILES string of the molecule is O=C(Nc1nc(Cl)ccc1[N+](=O)[O-])NS(=O)(=O)c1ccccc1Cl. The first-order valence-corrected chi connectivity index (χ1v) is 8.34. The summed E-state index contributed by atoms with van der Waals surface area (Å²) in [5, 5.41) is 12.6. The number of nitrogens with zero attached hydrogens (tertiary/aromatic N) is 2. The van der Waals surface area contributed by atoms with Gasteiger partial charge in [0.25, 0.3) is 10.0 Å². The van der Waals surface area contributed by atoms with Crippen molar-refractivity contribution in [2.45, 2.75) is 4.90 Å². The van der Waals surface area contributed by atoms with Crippen molar-refractivity contribution in [1.82, 2.24) is 9.71 Å². The van der Waals surface area contributed by atoms with Crippen molar-refractivity contribution in [3.8, 4) is 0 Å². The van der Waals surface area contributed by atoms with Crippen LogP contribution in [-0.4, -0.2) is 24.4 Å². The van der Waals surface area contributed by atoms with Crippen LogP contribution < -0.4 is 10.0 Å². The zero-order valence-corrected chi connectivity index (χ0v) is 13.9. The average Bonchev–Trinajstić information content (AvgIpc) is 2.46. The van der Waals surface area contributed by atoms with Gasteiger partial charge in [0.1, 0.15) is 10.0 Å². The number of hydrogen-bond donors (Lipinski definition) is 2. The number of halogens is 2. The molecule has 0 aliphatic heterocycles. The van der Waals surface area contributed by atoms with Crippen LogP contribution in [0.25, 0.3) is 0 Å². The molecule has 0 spiro atoms. The van der Waals surface area contributed by atoms with Crippen LogP contribution in [0.3, 0.4) is 0 Å². The Morgan fingerprint density at radius 1 is 1.17 bits per heavy atom. The summed E-state index contributed by atoms with van der Waals surface area (Å²) in [6, 6.07) is 6.38. The molecule has 2 amide bonds. The van der Waals surface area contributed by atoms with Crippen molar-refractivity contribution in [2.75, 3.05) is 5.32 Å². The van der Waals surface area contributed by atoms with Crippen molar-refractivity contribution >= 4 is 50.8 Å². The Hall–Kier alpha value is -2.43. The number of rotatable bonds is 4. The fourth-order valence-electron chi connectivity index (χ4n) is 1.64. The van der Waals surface area contributed by atoms with Gasteiger partial charge in [0, 0.05) is 6.07 Å². The monoisotopic (exact) mass is 390 g/mol. The molecule has 0 aliphatic rings. The van der Waals surface area contributed by atoms with E-state index in [0.29, 0.717) is 0 Å². The van der Waals surface area contributed by atoms with Gasteiger partial charge in [-0.1, -0.05) is 35.3 Å². The number of benzene rings is 1. The number of nitrogens with one attached hydrogen (secondary N) is 2. The minimum absolute atomic E-state index is 0.0929. The van der Waals surface area contributed by atoms with Crippen LogP contribution in [0.1, 0.15) is 0 Å². The lowest BCUT2D eigenvalue weighted by molar-refractivity contribution is -0.384. The largest absolute Gasteiger partial charge is 0.334 e. The Morgan fingerprint density at radius 2 is 1.83 bits per heavy atom. The van der Waals surface area contributed by atoms with E-state index < -0.39 is 32.5 Å². The predicted molar refractivity (Wildman–Crippen MR) is 86.7 cm³/mol. The van der Waals surface area contributed by atoms with E-state index in [9.17, 15) is 23.3 Å². The molecule has 2 aromatic rings. The van der Waals surface area contributed by atoms with E-state index in [1.807, 2.05) is 5.32 Å². The molecule has 0 aliphatic carbocycles. The molecule has 0 bridgehead atoms. The maximum atomic E-state index is 12.1. The van der Waals surface area contributed by atoms with Crippen LogP contribution in [0.15, 0.2) is 41.3 Å². The van der Waals surface area contributed by atoms with Gasteiger partial charge in [0.2, 0.25) is 5.82 Å². The topological polar surface area (TPSA) is 131 Å². The van der Waals surface area contributed by atoms with E-state index in [1.54, 1.807) is 4.72 Å². The van der Waals surface area contributed by atoms with Crippen molar-refractivity contribution in [2.24, 2.45) is 0 Å². The van der Waals surface area contributed by atoms with Crippen LogP contribution in [0.2, 0.25) is 10.2 Å². The third-order valence-corrected chi connectivity index (χ3v) is 4.66. The summed E-state index contributed by atoms with van der Waals surface area (Å²) in [5.74, 6) is -0.501. The van der Waals surface area contributed by atoms with Crippen molar-refractivity contribution in [1.29, 1.82) is 0 Å². The van der Waals surface area contributed by atoms with Gasteiger partial charge in [-0.2, -0.15) is 0 Å². The second kappa shape index (κ2) is 6.99. The van der Waals surface area contributed by atoms with E-state index in [1.165, 1.54) is 24.3 Å². The average molecular weight is 391 g/mol. The lowest BCUT2D eigenvalue weighted by Gasteiger charge is -2.09. The number of anilines is 1. The molecule has 1 aromatic carbocycles. The molecule has 24 heavy (non-hydrogen) atoms. The first-order valence-electron chi connectivity index (χ1n) is 6.10. The molecule has 2 N–H and O–H groups in total. The minimum atomic E-state index is -4.28. The minimum Gasteiger partial charge on any atom is -0.286 e. The van der Waals surface area contributed by atoms with E-state index in [4.69, 9.17) is 23.2 Å². The van der Waals surface area contributed by atoms with Gasteiger partial charge < -0.3 is 0 Å². The van der Waals surface area contributed by atoms with Gasteiger partial charge in [-0.05, 0) is 18.2 Å². The molecule has 126 valence electrons. The molecule has 0 fully saturated rings. The maximum Gasteiger partial charge on any atom is 0.334 e. The van der Waals surface area contributed by atoms with Crippen molar-refractivity contribution in [3.63, 3.8) is 0 Å². The van der Waals surface area contributed by atoms with Gasteiger partial charge >= 0.3 is 11.7 Å². The second-order valence-corrected chi connectivity index (χ2v) is 6.69.